The molecule has 0 aliphatic carbocycles. The van der Waals surface area contributed by atoms with Crippen molar-refractivity contribution in [1.29, 1.82) is 0 Å². The van der Waals surface area contributed by atoms with Crippen LogP contribution in [-0.2, 0) is 33.2 Å². The van der Waals surface area contributed by atoms with E-state index in [-0.39, 0.29) is 18.9 Å². The molecule has 3 saturated heterocycles. The van der Waals surface area contributed by atoms with Gasteiger partial charge in [-0.05, 0) is 51.4 Å². The molecule has 3 aliphatic rings. The van der Waals surface area contributed by atoms with Gasteiger partial charge in [0.2, 0.25) is 5.91 Å². The molecule has 0 aromatic rings. The lowest BCUT2D eigenvalue weighted by molar-refractivity contribution is -0.379. The molecule has 3 heterocycles. The van der Waals surface area contributed by atoms with Crippen LogP contribution in [0.15, 0.2) is 36.5 Å². The largest absolute Gasteiger partial charge is 0.394 e. The van der Waals surface area contributed by atoms with Crippen molar-refractivity contribution < 1.29 is 89.4 Å². The number of carbonyl (C=O) groups excluding carboxylic acids is 1. The summed E-state index contributed by atoms with van der Waals surface area (Å²) in [4.78, 5) is 13.2. The second-order valence-corrected chi connectivity index (χ2v) is 21.1. The van der Waals surface area contributed by atoms with Gasteiger partial charge in [-0.2, -0.15) is 0 Å². The van der Waals surface area contributed by atoms with Gasteiger partial charge in [0.15, 0.2) is 18.9 Å². The smallest absolute Gasteiger partial charge is 0.220 e. The summed E-state index contributed by atoms with van der Waals surface area (Å²) in [6.45, 7) is 1.64. The molecule has 0 aromatic heterocycles. The van der Waals surface area contributed by atoms with E-state index >= 15 is 0 Å². The number of hydrogen-bond acceptors (Lipinski definition) is 18. The van der Waals surface area contributed by atoms with Gasteiger partial charge in [0, 0.05) is 6.42 Å². The van der Waals surface area contributed by atoms with Crippen molar-refractivity contribution >= 4 is 5.91 Å². The summed E-state index contributed by atoms with van der Waals surface area (Å²) in [5.41, 5.74) is 0. The Morgan fingerprint density at radius 1 is 0.461 bits per heavy atom. The molecule has 76 heavy (non-hydrogen) atoms. The van der Waals surface area contributed by atoms with E-state index in [0.717, 1.165) is 57.8 Å². The Morgan fingerprint density at radius 3 is 1.36 bits per heavy atom. The SMILES string of the molecule is CCCC/C=C\CCCCCCCC(=O)NC(COC1OC(CO)C(OC2OC(CO)C(OC3OC(CO)C(O)C(O)C3O)C(O)C2O)C(O)C1O)C(O)/C=C/CC/C=C/CCCCCCCCCCCCCCCC. The first-order valence-electron chi connectivity index (χ1n) is 29.2. The van der Waals surface area contributed by atoms with Gasteiger partial charge in [0.05, 0.1) is 38.6 Å². The highest BCUT2D eigenvalue weighted by atomic mass is 16.8. The number of aliphatic hydroxyl groups is 11. The third-order valence-electron chi connectivity index (χ3n) is 14.7. The van der Waals surface area contributed by atoms with Crippen LogP contribution < -0.4 is 5.32 Å². The minimum absolute atomic E-state index is 0.225. The molecule has 0 spiro atoms. The number of hydrogen-bond donors (Lipinski definition) is 12. The minimum atomic E-state index is -1.98. The highest BCUT2D eigenvalue weighted by Gasteiger charge is 2.53. The number of nitrogens with one attached hydrogen (secondary N) is 1. The number of aliphatic hydroxyl groups excluding tert-OH is 11. The summed E-state index contributed by atoms with van der Waals surface area (Å²) in [5, 5.41) is 120. The van der Waals surface area contributed by atoms with Gasteiger partial charge >= 0.3 is 0 Å². The van der Waals surface area contributed by atoms with Crippen molar-refractivity contribution in [2.75, 3.05) is 26.4 Å². The van der Waals surface area contributed by atoms with Crippen molar-refractivity contribution in [3.63, 3.8) is 0 Å². The van der Waals surface area contributed by atoms with E-state index in [2.05, 4.69) is 43.5 Å². The molecule has 444 valence electrons. The van der Waals surface area contributed by atoms with Crippen molar-refractivity contribution in [2.24, 2.45) is 0 Å². The maximum Gasteiger partial charge on any atom is 0.220 e. The number of rotatable bonds is 42. The Labute approximate surface area is 453 Å². The second kappa shape index (κ2) is 41.1. The monoisotopic (exact) mass is 1090 g/mol. The predicted molar refractivity (Wildman–Crippen MR) is 286 cm³/mol. The Bertz CT molecular complexity index is 1540. The molecule has 19 nitrogen and oxygen atoms in total. The molecular formula is C57H103NO18. The normalized spacial score (nSPS) is 31.2. The third-order valence-corrected chi connectivity index (χ3v) is 14.7. The fourth-order valence-electron chi connectivity index (χ4n) is 9.77. The maximum atomic E-state index is 13.2. The van der Waals surface area contributed by atoms with Gasteiger partial charge in [-0.3, -0.25) is 4.79 Å². The van der Waals surface area contributed by atoms with Crippen molar-refractivity contribution in [3.8, 4) is 0 Å². The molecule has 12 N–H and O–H groups in total. The third kappa shape index (κ3) is 25.2. The first kappa shape index (κ1) is 68.3. The van der Waals surface area contributed by atoms with Crippen LogP contribution in [0.25, 0.3) is 0 Å². The van der Waals surface area contributed by atoms with Gasteiger partial charge in [-0.15, -0.1) is 0 Å². The van der Waals surface area contributed by atoms with Crippen LogP contribution in [0.2, 0.25) is 0 Å². The number of amides is 1. The van der Waals surface area contributed by atoms with Crippen LogP contribution >= 0.6 is 0 Å². The average molecular weight is 1090 g/mol. The Kier molecular flexibility index (Phi) is 36.9. The topological polar surface area (TPSA) is 307 Å². The van der Waals surface area contributed by atoms with E-state index in [4.69, 9.17) is 28.4 Å². The maximum absolute atomic E-state index is 13.2. The Hall–Kier alpha value is -1.99. The molecular weight excluding hydrogens is 987 g/mol. The van der Waals surface area contributed by atoms with Crippen LogP contribution in [0.1, 0.15) is 187 Å². The highest BCUT2D eigenvalue weighted by molar-refractivity contribution is 5.76. The van der Waals surface area contributed by atoms with Crippen molar-refractivity contribution in [2.45, 2.75) is 291 Å². The number of ether oxygens (including phenoxy) is 6. The van der Waals surface area contributed by atoms with Gasteiger partial charge < -0.3 is 89.9 Å². The lowest BCUT2D eigenvalue weighted by Crippen LogP contribution is -2.66. The summed E-state index contributed by atoms with van der Waals surface area (Å²) >= 11 is 0. The van der Waals surface area contributed by atoms with Crippen LogP contribution in [-0.4, -0.2) is 193 Å². The lowest BCUT2D eigenvalue weighted by atomic mass is 9.96. The standard InChI is InChI=1S/C57H103NO18/c1-3-5-7-9-11-13-15-16-17-18-19-20-21-22-23-25-26-28-30-32-34-41(62)40(58-45(63)35-33-31-29-27-24-14-12-10-8-6-4-2)39-71-55-51(69)48(66)53(43(37-60)73-55)76-57-52(70)49(67)54(44(38-61)74-57)75-56-50(68)47(65)46(64)42(36-59)72-56/h10,12,25-26,32,34,40-44,46-57,59-62,64-70H,3-9,11,13-24,27-31,33,35-39H2,1-2H3,(H,58,63)/b12-10-,26-25+,34-32+. The van der Waals surface area contributed by atoms with Gasteiger partial charge in [-0.1, -0.05) is 166 Å². The lowest BCUT2D eigenvalue weighted by Gasteiger charge is -2.48. The Morgan fingerprint density at radius 2 is 0.855 bits per heavy atom. The fraction of sp³-hybridized carbons (Fsp3) is 0.877. The molecule has 0 aromatic carbocycles. The molecule has 3 fully saturated rings. The van der Waals surface area contributed by atoms with E-state index in [1.54, 1.807) is 6.08 Å². The van der Waals surface area contributed by atoms with Crippen LogP contribution in [0.4, 0.5) is 0 Å². The van der Waals surface area contributed by atoms with Crippen LogP contribution in [0, 0.1) is 0 Å². The zero-order valence-electron chi connectivity index (χ0n) is 46.0. The van der Waals surface area contributed by atoms with Gasteiger partial charge in [-0.25, -0.2) is 0 Å². The van der Waals surface area contributed by atoms with Crippen LogP contribution in [0.5, 0.6) is 0 Å². The summed E-state index contributed by atoms with van der Waals surface area (Å²) in [5.74, 6) is -0.298. The van der Waals surface area contributed by atoms with Gasteiger partial charge in [0.25, 0.3) is 0 Å². The van der Waals surface area contributed by atoms with Crippen molar-refractivity contribution in [1.82, 2.24) is 5.32 Å². The van der Waals surface area contributed by atoms with Gasteiger partial charge in [0.1, 0.15) is 73.2 Å². The fourth-order valence-corrected chi connectivity index (χ4v) is 9.77. The van der Waals surface area contributed by atoms with E-state index in [9.17, 15) is 61.0 Å². The Balaban J connectivity index is 1.52. The zero-order valence-corrected chi connectivity index (χ0v) is 46.0. The minimum Gasteiger partial charge on any atom is -0.394 e. The zero-order chi connectivity index (χ0) is 55.5. The number of allylic oxidation sites excluding steroid dienone is 5. The molecule has 0 radical (unpaired) electrons. The highest BCUT2D eigenvalue weighted by Crippen LogP contribution is 2.33. The predicted octanol–water partition coefficient (Wildman–Crippen LogP) is 4.54. The molecule has 17 atom stereocenters. The van der Waals surface area contributed by atoms with Crippen LogP contribution in [0.3, 0.4) is 0 Å². The second-order valence-electron chi connectivity index (χ2n) is 21.1. The molecule has 0 bridgehead atoms. The van der Waals surface area contributed by atoms with Crippen molar-refractivity contribution in [3.05, 3.63) is 36.5 Å². The first-order valence-corrected chi connectivity index (χ1v) is 29.2. The van der Waals surface area contributed by atoms with E-state index in [0.29, 0.717) is 12.8 Å². The molecule has 3 rings (SSSR count). The summed E-state index contributed by atoms with van der Waals surface area (Å²) in [6, 6.07) is -0.991. The molecule has 3 aliphatic heterocycles. The first-order chi connectivity index (χ1) is 36.8. The average Bonchev–Trinajstić information content (AvgIpc) is 3.41. The van der Waals surface area contributed by atoms with E-state index in [1.165, 1.54) is 96.3 Å². The summed E-state index contributed by atoms with van der Waals surface area (Å²) in [7, 11) is 0. The molecule has 19 heteroatoms. The summed E-state index contributed by atoms with van der Waals surface area (Å²) < 4.78 is 34.2. The summed E-state index contributed by atoms with van der Waals surface area (Å²) in [6.07, 6.45) is 15.7. The molecule has 17 unspecified atom stereocenters. The quantitative estimate of drug-likeness (QED) is 0.0295. The molecule has 1 amide bonds. The number of carbonyl (C=O) groups is 1. The van der Waals surface area contributed by atoms with E-state index in [1.807, 2.05) is 6.08 Å². The van der Waals surface area contributed by atoms with E-state index < -0.39 is 124 Å². The number of unbranched alkanes of at least 4 members (excludes halogenated alkanes) is 22. The molecule has 0 saturated carbocycles.